The Labute approximate surface area is 138 Å². The van der Waals surface area contributed by atoms with Crippen LogP contribution in [0.4, 0.5) is 11.4 Å². The molecule has 0 unspecified atom stereocenters. The third-order valence-corrected chi connectivity index (χ3v) is 5.15. The van der Waals surface area contributed by atoms with Crippen molar-refractivity contribution < 1.29 is 9.90 Å². The molecule has 1 amide bonds. The van der Waals surface area contributed by atoms with Gasteiger partial charge in [0, 0.05) is 13.1 Å². The highest BCUT2D eigenvalue weighted by Gasteiger charge is 2.33. The Hall–Kier alpha value is -1.55. The van der Waals surface area contributed by atoms with Gasteiger partial charge in [-0.25, -0.2) is 0 Å². The van der Waals surface area contributed by atoms with E-state index in [1.54, 1.807) is 0 Å². The first-order valence-corrected chi connectivity index (χ1v) is 9.03. The number of aliphatic hydroxyl groups is 1. The van der Waals surface area contributed by atoms with Gasteiger partial charge < -0.3 is 15.3 Å². The van der Waals surface area contributed by atoms with Gasteiger partial charge in [-0.3, -0.25) is 4.79 Å². The SMILES string of the molecule is O=C(CC1(O)CCCC1)Nc1ccccc1N1CCCCCC1. The monoisotopic (exact) mass is 316 g/mol. The lowest BCUT2D eigenvalue weighted by Crippen LogP contribution is -2.31. The third kappa shape index (κ3) is 4.25. The molecule has 4 heteroatoms. The second-order valence-corrected chi connectivity index (χ2v) is 7.07. The van der Waals surface area contributed by atoms with Crippen molar-refractivity contribution in [3.8, 4) is 0 Å². The second kappa shape index (κ2) is 7.35. The van der Waals surface area contributed by atoms with Crippen LogP contribution in [-0.2, 0) is 4.79 Å². The van der Waals surface area contributed by atoms with Crippen LogP contribution in [0.3, 0.4) is 0 Å². The minimum Gasteiger partial charge on any atom is -0.389 e. The van der Waals surface area contributed by atoms with Crippen LogP contribution in [0.5, 0.6) is 0 Å². The molecule has 0 aromatic heterocycles. The quantitative estimate of drug-likeness (QED) is 0.890. The molecule has 2 N–H and O–H groups in total. The van der Waals surface area contributed by atoms with E-state index in [2.05, 4.69) is 16.3 Å². The molecule has 0 atom stereocenters. The zero-order chi connectivity index (χ0) is 16.1. The molecule has 0 bridgehead atoms. The van der Waals surface area contributed by atoms with E-state index in [-0.39, 0.29) is 12.3 Å². The highest BCUT2D eigenvalue weighted by Crippen LogP contribution is 2.33. The lowest BCUT2D eigenvalue weighted by molar-refractivity contribution is -0.120. The van der Waals surface area contributed by atoms with Crippen LogP contribution in [0, 0.1) is 0 Å². The predicted molar refractivity (Wildman–Crippen MR) is 93.8 cm³/mol. The Kier molecular flexibility index (Phi) is 5.21. The number of anilines is 2. The zero-order valence-electron chi connectivity index (χ0n) is 13.9. The van der Waals surface area contributed by atoms with Gasteiger partial charge >= 0.3 is 0 Å². The van der Waals surface area contributed by atoms with Crippen LogP contribution in [0.2, 0.25) is 0 Å². The number of nitrogens with zero attached hydrogens (tertiary/aromatic N) is 1. The van der Waals surface area contributed by atoms with Gasteiger partial charge in [-0.05, 0) is 37.8 Å². The zero-order valence-corrected chi connectivity index (χ0v) is 13.9. The fourth-order valence-electron chi connectivity index (χ4n) is 3.87. The predicted octanol–water partition coefficient (Wildman–Crippen LogP) is 3.70. The maximum atomic E-state index is 12.4. The summed E-state index contributed by atoms with van der Waals surface area (Å²) in [6.45, 7) is 2.10. The molecule has 1 aromatic carbocycles. The number of rotatable bonds is 4. The average molecular weight is 316 g/mol. The molecule has 1 aliphatic heterocycles. The van der Waals surface area contributed by atoms with Crippen molar-refractivity contribution in [2.24, 2.45) is 0 Å². The van der Waals surface area contributed by atoms with Crippen molar-refractivity contribution in [1.82, 2.24) is 0 Å². The number of para-hydroxylation sites is 2. The van der Waals surface area contributed by atoms with Crippen LogP contribution in [0.1, 0.15) is 57.8 Å². The molecule has 1 saturated heterocycles. The maximum absolute atomic E-state index is 12.4. The lowest BCUT2D eigenvalue weighted by Gasteiger charge is -2.26. The van der Waals surface area contributed by atoms with Gasteiger partial charge in [0.25, 0.3) is 0 Å². The van der Waals surface area contributed by atoms with E-state index in [1.165, 1.54) is 25.7 Å². The first kappa shape index (κ1) is 16.3. The molecule has 1 aromatic rings. The fourth-order valence-corrected chi connectivity index (χ4v) is 3.87. The van der Waals surface area contributed by atoms with E-state index in [9.17, 15) is 9.90 Å². The van der Waals surface area contributed by atoms with E-state index in [1.807, 2.05) is 18.2 Å². The molecule has 23 heavy (non-hydrogen) atoms. The van der Waals surface area contributed by atoms with Gasteiger partial charge in [-0.2, -0.15) is 0 Å². The van der Waals surface area contributed by atoms with Crippen LogP contribution in [0.15, 0.2) is 24.3 Å². The molecule has 3 rings (SSSR count). The summed E-state index contributed by atoms with van der Waals surface area (Å²) >= 11 is 0. The molecule has 0 spiro atoms. The largest absolute Gasteiger partial charge is 0.389 e. The van der Waals surface area contributed by atoms with Crippen molar-refractivity contribution in [2.45, 2.75) is 63.4 Å². The highest BCUT2D eigenvalue weighted by molar-refractivity contribution is 5.95. The summed E-state index contributed by atoms with van der Waals surface area (Å²) in [4.78, 5) is 14.8. The standard InChI is InChI=1S/C19H28N2O2/c22-18(15-19(23)11-5-6-12-19)20-16-9-3-4-10-17(16)21-13-7-1-2-8-14-21/h3-4,9-10,23H,1-2,5-8,11-15H2,(H,20,22). The van der Waals surface area contributed by atoms with Crippen molar-refractivity contribution in [3.63, 3.8) is 0 Å². The van der Waals surface area contributed by atoms with Crippen LogP contribution in [0.25, 0.3) is 0 Å². The van der Waals surface area contributed by atoms with E-state index >= 15 is 0 Å². The van der Waals surface area contributed by atoms with Gasteiger partial charge in [0.05, 0.1) is 23.4 Å². The Morgan fingerprint density at radius 3 is 2.39 bits per heavy atom. The molecule has 2 aliphatic rings. The van der Waals surface area contributed by atoms with E-state index < -0.39 is 5.60 Å². The Morgan fingerprint density at radius 1 is 1.04 bits per heavy atom. The normalized spacial score (nSPS) is 21.0. The Bertz CT molecular complexity index is 530. The summed E-state index contributed by atoms with van der Waals surface area (Å²) in [7, 11) is 0. The fraction of sp³-hybridized carbons (Fsp3) is 0.632. The van der Waals surface area contributed by atoms with Crippen molar-refractivity contribution in [2.75, 3.05) is 23.3 Å². The second-order valence-electron chi connectivity index (χ2n) is 7.07. The number of nitrogens with one attached hydrogen (secondary N) is 1. The van der Waals surface area contributed by atoms with Gasteiger partial charge in [-0.15, -0.1) is 0 Å². The van der Waals surface area contributed by atoms with Gasteiger partial charge in [0.15, 0.2) is 0 Å². The van der Waals surface area contributed by atoms with E-state index in [4.69, 9.17) is 0 Å². The minimum atomic E-state index is -0.790. The Morgan fingerprint density at radius 2 is 1.70 bits per heavy atom. The van der Waals surface area contributed by atoms with Crippen LogP contribution >= 0.6 is 0 Å². The number of hydrogen-bond acceptors (Lipinski definition) is 3. The molecule has 0 radical (unpaired) electrons. The summed E-state index contributed by atoms with van der Waals surface area (Å²) in [5.41, 5.74) is 1.20. The molecule has 4 nitrogen and oxygen atoms in total. The minimum absolute atomic E-state index is 0.0725. The highest BCUT2D eigenvalue weighted by atomic mass is 16.3. The first-order valence-electron chi connectivity index (χ1n) is 9.03. The van der Waals surface area contributed by atoms with Crippen LogP contribution < -0.4 is 10.2 Å². The van der Waals surface area contributed by atoms with Crippen LogP contribution in [-0.4, -0.2) is 29.7 Å². The van der Waals surface area contributed by atoms with Gasteiger partial charge in [-0.1, -0.05) is 37.8 Å². The molecular formula is C19H28N2O2. The first-order chi connectivity index (χ1) is 11.2. The van der Waals surface area contributed by atoms with E-state index in [0.29, 0.717) is 0 Å². The third-order valence-electron chi connectivity index (χ3n) is 5.15. The molecule has 1 aliphatic carbocycles. The Balaban J connectivity index is 1.68. The number of carbonyl (C=O) groups excluding carboxylic acids is 1. The lowest BCUT2D eigenvalue weighted by atomic mass is 9.97. The van der Waals surface area contributed by atoms with Crippen molar-refractivity contribution in [1.29, 1.82) is 0 Å². The summed E-state index contributed by atoms with van der Waals surface area (Å²) < 4.78 is 0. The van der Waals surface area contributed by atoms with Gasteiger partial charge in [0.2, 0.25) is 5.91 Å². The van der Waals surface area contributed by atoms with Crippen molar-refractivity contribution in [3.05, 3.63) is 24.3 Å². The van der Waals surface area contributed by atoms with Crippen molar-refractivity contribution >= 4 is 17.3 Å². The summed E-state index contributed by atoms with van der Waals surface area (Å²) in [5, 5.41) is 13.5. The molecule has 1 saturated carbocycles. The molecule has 2 fully saturated rings. The maximum Gasteiger partial charge on any atom is 0.227 e. The number of carbonyl (C=O) groups is 1. The molecular weight excluding hydrogens is 288 g/mol. The number of hydrogen-bond donors (Lipinski definition) is 2. The van der Waals surface area contributed by atoms with Gasteiger partial charge in [0.1, 0.15) is 0 Å². The molecule has 126 valence electrons. The summed E-state index contributed by atoms with van der Waals surface area (Å²) in [5.74, 6) is -0.0725. The number of benzene rings is 1. The molecule has 1 heterocycles. The number of amides is 1. The summed E-state index contributed by atoms with van der Waals surface area (Å²) in [6, 6.07) is 8.05. The average Bonchev–Trinajstić information content (AvgIpc) is 2.79. The smallest absolute Gasteiger partial charge is 0.227 e. The van der Waals surface area contributed by atoms with E-state index in [0.717, 1.165) is 50.1 Å². The topological polar surface area (TPSA) is 52.6 Å². The summed E-state index contributed by atoms with van der Waals surface area (Å²) in [6.07, 6.45) is 8.74.